The highest BCUT2D eigenvalue weighted by Gasteiger charge is 2.15. The predicted molar refractivity (Wildman–Crippen MR) is 99.9 cm³/mol. The first-order valence-corrected chi connectivity index (χ1v) is 8.43. The van der Waals surface area contributed by atoms with Crippen molar-refractivity contribution in [2.24, 2.45) is 10.7 Å². The van der Waals surface area contributed by atoms with Crippen LogP contribution in [0.2, 0.25) is 0 Å². The molecule has 0 saturated carbocycles. The zero-order valence-electron chi connectivity index (χ0n) is 15.6. The van der Waals surface area contributed by atoms with E-state index in [1.807, 2.05) is 45.0 Å². The van der Waals surface area contributed by atoms with E-state index in [-0.39, 0.29) is 12.2 Å². The largest absolute Gasteiger partial charge is 0.484 e. The van der Waals surface area contributed by atoms with Gasteiger partial charge in [0.2, 0.25) is 0 Å². The van der Waals surface area contributed by atoms with E-state index in [9.17, 15) is 4.79 Å². The molecule has 140 valence electrons. The highest BCUT2D eigenvalue weighted by atomic mass is 16.5. The van der Waals surface area contributed by atoms with Gasteiger partial charge in [0.15, 0.2) is 12.6 Å². The van der Waals surface area contributed by atoms with E-state index in [4.69, 9.17) is 15.2 Å². The van der Waals surface area contributed by atoms with Gasteiger partial charge in [-0.05, 0) is 44.9 Å². The number of guanidine groups is 1. The maximum Gasteiger partial charge on any atom is 0.255 e. The number of primary amides is 1. The second kappa shape index (κ2) is 10.6. The summed E-state index contributed by atoms with van der Waals surface area (Å²) >= 11 is 0. The number of rotatable bonds is 10. The van der Waals surface area contributed by atoms with Gasteiger partial charge in [-0.3, -0.25) is 9.79 Å². The first-order valence-electron chi connectivity index (χ1n) is 8.43. The van der Waals surface area contributed by atoms with Crippen molar-refractivity contribution in [1.82, 2.24) is 10.6 Å². The second-order valence-corrected chi connectivity index (χ2v) is 6.23. The van der Waals surface area contributed by atoms with Crippen LogP contribution in [0.3, 0.4) is 0 Å². The van der Waals surface area contributed by atoms with Gasteiger partial charge in [-0.15, -0.1) is 0 Å². The standard InChI is InChI=1S/C18H30N4O3/c1-5-20-17(22-13-18(2,3)24-4)21-11-10-14-6-8-15(9-7-14)25-12-16(19)23/h6-9H,5,10-13H2,1-4H3,(H2,19,23)(H2,20,21,22). The summed E-state index contributed by atoms with van der Waals surface area (Å²) in [6, 6.07) is 7.60. The van der Waals surface area contributed by atoms with E-state index in [1.165, 1.54) is 0 Å². The molecule has 7 heteroatoms. The van der Waals surface area contributed by atoms with Crippen molar-refractivity contribution in [3.05, 3.63) is 29.8 Å². The fourth-order valence-electron chi connectivity index (χ4n) is 1.91. The van der Waals surface area contributed by atoms with E-state index in [0.29, 0.717) is 12.3 Å². The Labute approximate surface area is 150 Å². The molecule has 0 saturated heterocycles. The van der Waals surface area contributed by atoms with E-state index in [1.54, 1.807) is 7.11 Å². The van der Waals surface area contributed by atoms with Crippen molar-refractivity contribution in [1.29, 1.82) is 0 Å². The van der Waals surface area contributed by atoms with Crippen molar-refractivity contribution >= 4 is 11.9 Å². The SMILES string of the molecule is CCNC(=NCC(C)(C)OC)NCCc1ccc(OCC(N)=O)cc1. The molecule has 1 aromatic rings. The number of carbonyl (C=O) groups excluding carboxylic acids is 1. The molecule has 0 bridgehead atoms. The summed E-state index contributed by atoms with van der Waals surface area (Å²) in [6.07, 6.45) is 0.841. The van der Waals surface area contributed by atoms with Crippen molar-refractivity contribution in [2.75, 3.05) is 33.4 Å². The van der Waals surface area contributed by atoms with Crippen LogP contribution in [-0.4, -0.2) is 50.8 Å². The topological polar surface area (TPSA) is 98.0 Å². The highest BCUT2D eigenvalue weighted by Crippen LogP contribution is 2.12. The van der Waals surface area contributed by atoms with E-state index >= 15 is 0 Å². The Morgan fingerprint density at radius 3 is 2.48 bits per heavy atom. The van der Waals surface area contributed by atoms with Crippen LogP contribution in [0.5, 0.6) is 5.75 Å². The summed E-state index contributed by atoms with van der Waals surface area (Å²) in [5.41, 5.74) is 5.92. The fraction of sp³-hybridized carbons (Fsp3) is 0.556. The van der Waals surface area contributed by atoms with Crippen molar-refractivity contribution in [3.63, 3.8) is 0 Å². The molecule has 1 rings (SSSR count). The van der Waals surface area contributed by atoms with Crippen LogP contribution in [0.1, 0.15) is 26.3 Å². The fourth-order valence-corrected chi connectivity index (χ4v) is 1.91. The zero-order valence-corrected chi connectivity index (χ0v) is 15.6. The van der Waals surface area contributed by atoms with Crippen LogP contribution in [0, 0.1) is 0 Å². The lowest BCUT2D eigenvalue weighted by Gasteiger charge is -2.21. The lowest BCUT2D eigenvalue weighted by molar-refractivity contribution is -0.119. The minimum atomic E-state index is -0.486. The zero-order chi connectivity index (χ0) is 18.7. The molecule has 0 unspecified atom stereocenters. The lowest BCUT2D eigenvalue weighted by Crippen LogP contribution is -2.40. The van der Waals surface area contributed by atoms with Crippen LogP contribution >= 0.6 is 0 Å². The van der Waals surface area contributed by atoms with Crippen LogP contribution in [0.15, 0.2) is 29.3 Å². The van der Waals surface area contributed by atoms with Gasteiger partial charge in [-0.1, -0.05) is 12.1 Å². The monoisotopic (exact) mass is 350 g/mol. The number of nitrogens with zero attached hydrogens (tertiary/aromatic N) is 1. The number of nitrogens with two attached hydrogens (primary N) is 1. The van der Waals surface area contributed by atoms with E-state index in [2.05, 4.69) is 15.6 Å². The van der Waals surface area contributed by atoms with Crippen LogP contribution in [0.4, 0.5) is 0 Å². The highest BCUT2D eigenvalue weighted by molar-refractivity contribution is 5.79. The Balaban J connectivity index is 2.47. The van der Waals surface area contributed by atoms with E-state index < -0.39 is 5.91 Å². The van der Waals surface area contributed by atoms with Crippen LogP contribution < -0.4 is 21.1 Å². The van der Waals surface area contributed by atoms with Gasteiger partial charge in [0.25, 0.3) is 5.91 Å². The quantitative estimate of drug-likeness (QED) is 0.433. The van der Waals surface area contributed by atoms with Crippen molar-refractivity contribution < 1.29 is 14.3 Å². The number of ether oxygens (including phenoxy) is 2. The molecule has 0 aliphatic heterocycles. The number of methoxy groups -OCH3 is 1. The summed E-state index contributed by atoms with van der Waals surface area (Å²) in [4.78, 5) is 15.2. The number of carbonyl (C=O) groups is 1. The number of amides is 1. The van der Waals surface area contributed by atoms with Crippen molar-refractivity contribution in [2.45, 2.75) is 32.8 Å². The summed E-state index contributed by atoms with van der Waals surface area (Å²) in [7, 11) is 1.69. The summed E-state index contributed by atoms with van der Waals surface area (Å²) < 4.78 is 10.6. The Kier molecular flexibility index (Phi) is 8.77. The molecule has 0 heterocycles. The third-order valence-corrected chi connectivity index (χ3v) is 3.53. The first-order chi connectivity index (χ1) is 11.9. The number of aliphatic imine (C=N–C) groups is 1. The van der Waals surface area contributed by atoms with Crippen LogP contribution in [-0.2, 0) is 16.0 Å². The molecule has 1 amide bonds. The van der Waals surface area contributed by atoms with Gasteiger partial charge < -0.3 is 25.8 Å². The molecule has 4 N–H and O–H groups in total. The number of benzene rings is 1. The average Bonchev–Trinajstić information content (AvgIpc) is 2.59. The molecule has 7 nitrogen and oxygen atoms in total. The van der Waals surface area contributed by atoms with Crippen LogP contribution in [0.25, 0.3) is 0 Å². The summed E-state index contributed by atoms with van der Waals surface area (Å²) in [5, 5.41) is 6.53. The molecule has 0 spiro atoms. The summed E-state index contributed by atoms with van der Waals surface area (Å²) in [6.45, 7) is 8.05. The molecule has 0 radical (unpaired) electrons. The van der Waals surface area contributed by atoms with Gasteiger partial charge in [-0.2, -0.15) is 0 Å². The predicted octanol–water partition coefficient (Wildman–Crippen LogP) is 1.07. The molecular weight excluding hydrogens is 320 g/mol. The Morgan fingerprint density at radius 2 is 1.92 bits per heavy atom. The first kappa shape index (κ1) is 20.8. The minimum absolute atomic E-state index is 0.110. The average molecular weight is 350 g/mol. The maximum absolute atomic E-state index is 10.7. The maximum atomic E-state index is 10.7. The molecule has 0 fully saturated rings. The number of hydrogen-bond acceptors (Lipinski definition) is 4. The Hall–Kier alpha value is -2.28. The molecule has 1 aromatic carbocycles. The molecular formula is C18H30N4O3. The molecule has 0 aromatic heterocycles. The molecule has 0 atom stereocenters. The van der Waals surface area contributed by atoms with E-state index in [0.717, 1.165) is 31.0 Å². The van der Waals surface area contributed by atoms with Gasteiger partial charge in [0.1, 0.15) is 5.75 Å². The number of nitrogens with one attached hydrogen (secondary N) is 2. The van der Waals surface area contributed by atoms with Gasteiger partial charge in [-0.25, -0.2) is 0 Å². The smallest absolute Gasteiger partial charge is 0.255 e. The lowest BCUT2D eigenvalue weighted by atomic mass is 10.1. The number of hydrogen-bond donors (Lipinski definition) is 3. The summed E-state index contributed by atoms with van der Waals surface area (Å²) in [5.74, 6) is 0.918. The van der Waals surface area contributed by atoms with Gasteiger partial charge in [0.05, 0.1) is 12.1 Å². The van der Waals surface area contributed by atoms with Crippen molar-refractivity contribution in [3.8, 4) is 5.75 Å². The Bertz CT molecular complexity index is 556. The third-order valence-electron chi connectivity index (χ3n) is 3.53. The molecule has 0 aliphatic carbocycles. The second-order valence-electron chi connectivity index (χ2n) is 6.23. The van der Waals surface area contributed by atoms with Gasteiger partial charge >= 0.3 is 0 Å². The molecule has 25 heavy (non-hydrogen) atoms. The minimum Gasteiger partial charge on any atom is -0.484 e. The Morgan fingerprint density at radius 1 is 1.24 bits per heavy atom. The third kappa shape index (κ3) is 8.95. The molecule has 0 aliphatic rings. The normalized spacial score (nSPS) is 11.9. The van der Waals surface area contributed by atoms with Gasteiger partial charge in [0, 0.05) is 20.2 Å².